The van der Waals surface area contributed by atoms with E-state index in [1.807, 2.05) is 6.07 Å². The highest BCUT2D eigenvalue weighted by atomic mass is 79.9. The molecule has 0 spiro atoms. The van der Waals surface area contributed by atoms with E-state index in [9.17, 15) is 0 Å². The number of hydrogen-bond donors (Lipinski definition) is 1. The Morgan fingerprint density at radius 2 is 1.90 bits per heavy atom. The Morgan fingerprint density at radius 3 is 2.57 bits per heavy atom. The van der Waals surface area contributed by atoms with Crippen LogP contribution in [-0.2, 0) is 0 Å². The zero-order valence-corrected chi connectivity index (χ0v) is 14.6. The summed E-state index contributed by atoms with van der Waals surface area (Å²) in [7, 11) is 1.72. The number of hydrogen-bond acceptors (Lipinski definition) is 2. The normalized spacial score (nSPS) is 12.2. The lowest BCUT2D eigenvalue weighted by atomic mass is 9.92. The summed E-state index contributed by atoms with van der Waals surface area (Å²) < 4.78 is 6.60. The van der Waals surface area contributed by atoms with E-state index in [0.29, 0.717) is 0 Å². The monoisotopic (exact) mass is 347 g/mol. The van der Waals surface area contributed by atoms with Crippen LogP contribution in [-0.4, -0.2) is 13.7 Å². The smallest absolute Gasteiger partial charge is 0.125 e. The quantitative estimate of drug-likeness (QED) is 0.840. The highest BCUT2D eigenvalue weighted by Gasteiger charge is 2.19. The van der Waals surface area contributed by atoms with Crippen LogP contribution in [0.25, 0.3) is 0 Å². The first-order valence-corrected chi connectivity index (χ1v) is 8.00. The van der Waals surface area contributed by atoms with Crippen LogP contribution in [0.2, 0.25) is 0 Å². The topological polar surface area (TPSA) is 21.3 Å². The third-order valence-electron chi connectivity index (χ3n) is 3.87. The van der Waals surface area contributed by atoms with E-state index < -0.39 is 0 Å². The van der Waals surface area contributed by atoms with E-state index in [1.54, 1.807) is 7.11 Å². The molecule has 0 aliphatic rings. The third-order valence-corrected chi connectivity index (χ3v) is 4.37. The summed E-state index contributed by atoms with van der Waals surface area (Å²) in [4.78, 5) is 0. The first-order chi connectivity index (χ1) is 10.1. The molecule has 3 heteroatoms. The number of rotatable bonds is 5. The van der Waals surface area contributed by atoms with Gasteiger partial charge in [0, 0.05) is 10.0 Å². The molecule has 0 amide bonds. The van der Waals surface area contributed by atoms with Gasteiger partial charge < -0.3 is 10.1 Å². The van der Waals surface area contributed by atoms with E-state index in [-0.39, 0.29) is 6.04 Å². The van der Waals surface area contributed by atoms with Crippen LogP contribution >= 0.6 is 15.9 Å². The van der Waals surface area contributed by atoms with Crippen molar-refractivity contribution in [1.29, 1.82) is 0 Å². The van der Waals surface area contributed by atoms with Gasteiger partial charge in [0.05, 0.1) is 13.2 Å². The molecule has 0 aliphatic carbocycles. The van der Waals surface area contributed by atoms with Gasteiger partial charge in [0.25, 0.3) is 0 Å². The van der Waals surface area contributed by atoms with E-state index in [4.69, 9.17) is 4.74 Å². The van der Waals surface area contributed by atoms with Gasteiger partial charge in [0.15, 0.2) is 0 Å². The van der Waals surface area contributed by atoms with Crippen molar-refractivity contribution in [1.82, 2.24) is 5.32 Å². The lowest BCUT2D eigenvalue weighted by Crippen LogP contribution is -2.23. The van der Waals surface area contributed by atoms with Crippen molar-refractivity contribution >= 4 is 15.9 Å². The summed E-state index contributed by atoms with van der Waals surface area (Å²) in [5.74, 6) is 0.899. The fourth-order valence-corrected chi connectivity index (χ4v) is 2.94. The van der Waals surface area contributed by atoms with Crippen molar-refractivity contribution < 1.29 is 4.74 Å². The summed E-state index contributed by atoms with van der Waals surface area (Å²) in [6, 6.07) is 12.8. The number of nitrogens with one attached hydrogen (secondary N) is 1. The number of methoxy groups -OCH3 is 1. The van der Waals surface area contributed by atoms with E-state index in [2.05, 4.69) is 72.3 Å². The molecule has 2 aromatic rings. The van der Waals surface area contributed by atoms with Crippen LogP contribution in [0.4, 0.5) is 0 Å². The molecule has 2 nitrogen and oxygen atoms in total. The molecule has 0 bridgehead atoms. The molecule has 1 unspecified atom stereocenters. The third kappa shape index (κ3) is 3.47. The van der Waals surface area contributed by atoms with Crippen molar-refractivity contribution in [2.45, 2.75) is 26.8 Å². The predicted octanol–water partition coefficient (Wildman–Crippen LogP) is 4.77. The first kappa shape index (κ1) is 16.1. The fraction of sp³-hybridized carbons (Fsp3) is 0.333. The van der Waals surface area contributed by atoms with E-state index in [1.165, 1.54) is 16.7 Å². The lowest BCUT2D eigenvalue weighted by Gasteiger charge is -2.24. The number of ether oxygens (including phenoxy) is 1. The van der Waals surface area contributed by atoms with Gasteiger partial charge in [-0.25, -0.2) is 0 Å². The van der Waals surface area contributed by atoms with Crippen LogP contribution < -0.4 is 10.1 Å². The average Bonchev–Trinajstić information content (AvgIpc) is 2.48. The second kappa shape index (κ2) is 7.10. The number of halogens is 1. The maximum atomic E-state index is 5.58. The highest BCUT2D eigenvalue weighted by Crippen LogP contribution is 2.34. The second-order valence-electron chi connectivity index (χ2n) is 5.17. The summed E-state index contributed by atoms with van der Waals surface area (Å²) in [6.45, 7) is 7.36. The maximum Gasteiger partial charge on any atom is 0.125 e. The van der Waals surface area contributed by atoms with Gasteiger partial charge in [0.1, 0.15) is 5.75 Å². The minimum atomic E-state index is 0.137. The van der Waals surface area contributed by atoms with Gasteiger partial charge in [-0.1, -0.05) is 47.1 Å². The Kier molecular flexibility index (Phi) is 5.43. The van der Waals surface area contributed by atoms with Gasteiger partial charge in [0.2, 0.25) is 0 Å². The summed E-state index contributed by atoms with van der Waals surface area (Å²) in [5.41, 5.74) is 5.11. The highest BCUT2D eigenvalue weighted by molar-refractivity contribution is 9.10. The van der Waals surface area contributed by atoms with Crippen molar-refractivity contribution in [2.75, 3.05) is 13.7 Å². The molecule has 2 rings (SSSR count). The molecule has 2 aromatic carbocycles. The molecule has 112 valence electrons. The minimum Gasteiger partial charge on any atom is -0.496 e. The van der Waals surface area contributed by atoms with Gasteiger partial charge in [-0.15, -0.1) is 0 Å². The molecule has 0 radical (unpaired) electrons. The van der Waals surface area contributed by atoms with E-state index >= 15 is 0 Å². The van der Waals surface area contributed by atoms with E-state index in [0.717, 1.165) is 22.3 Å². The molecular weight excluding hydrogens is 326 g/mol. The summed E-state index contributed by atoms with van der Waals surface area (Å²) >= 11 is 3.51. The predicted molar refractivity (Wildman–Crippen MR) is 92.1 cm³/mol. The van der Waals surface area contributed by atoms with Crippen LogP contribution in [0.3, 0.4) is 0 Å². The SMILES string of the molecule is CCNC(c1ccc(Br)cc1OC)c1cccc(C)c1C. The van der Waals surface area contributed by atoms with Gasteiger partial charge in [-0.2, -0.15) is 0 Å². The Bertz CT molecular complexity index is 625. The molecular formula is C18H22BrNO. The molecule has 1 atom stereocenters. The molecule has 0 saturated carbocycles. The Labute approximate surface area is 135 Å². The molecule has 0 saturated heterocycles. The summed E-state index contributed by atoms with van der Waals surface area (Å²) in [5, 5.41) is 3.58. The number of benzene rings is 2. The largest absolute Gasteiger partial charge is 0.496 e. The molecule has 0 heterocycles. The van der Waals surface area contributed by atoms with Crippen molar-refractivity contribution in [3.8, 4) is 5.75 Å². The van der Waals surface area contributed by atoms with Crippen molar-refractivity contribution in [2.24, 2.45) is 0 Å². The van der Waals surface area contributed by atoms with Crippen molar-refractivity contribution in [3.63, 3.8) is 0 Å². The summed E-state index contributed by atoms with van der Waals surface area (Å²) in [6.07, 6.45) is 0. The van der Waals surface area contributed by atoms with Gasteiger partial charge in [-0.05, 0) is 49.2 Å². The molecule has 0 aliphatic heterocycles. The molecule has 21 heavy (non-hydrogen) atoms. The van der Waals surface area contributed by atoms with Crippen LogP contribution in [0.5, 0.6) is 5.75 Å². The fourth-order valence-electron chi connectivity index (χ4n) is 2.60. The average molecular weight is 348 g/mol. The Balaban J connectivity index is 2.56. The first-order valence-electron chi connectivity index (χ1n) is 7.21. The zero-order chi connectivity index (χ0) is 15.4. The molecule has 0 fully saturated rings. The minimum absolute atomic E-state index is 0.137. The molecule has 1 N–H and O–H groups in total. The molecule has 0 aromatic heterocycles. The van der Waals surface area contributed by atoms with Crippen molar-refractivity contribution in [3.05, 3.63) is 63.1 Å². The standard InChI is InChI=1S/C18H22BrNO/c1-5-20-18(15-8-6-7-12(2)13(15)3)16-10-9-14(19)11-17(16)21-4/h6-11,18,20H,5H2,1-4H3. The van der Waals surface area contributed by atoms with Crippen LogP contribution in [0.1, 0.15) is 35.2 Å². The van der Waals surface area contributed by atoms with Crippen LogP contribution in [0, 0.1) is 13.8 Å². The second-order valence-corrected chi connectivity index (χ2v) is 6.08. The number of aryl methyl sites for hydroxylation is 1. The van der Waals surface area contributed by atoms with Gasteiger partial charge >= 0.3 is 0 Å². The zero-order valence-electron chi connectivity index (χ0n) is 13.0. The van der Waals surface area contributed by atoms with Crippen LogP contribution in [0.15, 0.2) is 40.9 Å². The Hall–Kier alpha value is -1.32. The maximum absolute atomic E-state index is 5.58. The Morgan fingerprint density at radius 1 is 1.14 bits per heavy atom. The van der Waals surface area contributed by atoms with Gasteiger partial charge in [-0.3, -0.25) is 0 Å². The lowest BCUT2D eigenvalue weighted by molar-refractivity contribution is 0.404.